The van der Waals surface area contributed by atoms with Gasteiger partial charge in [0, 0.05) is 19.6 Å². The summed E-state index contributed by atoms with van der Waals surface area (Å²) in [7, 11) is 0. The lowest BCUT2D eigenvalue weighted by molar-refractivity contribution is 0.0914. The highest BCUT2D eigenvalue weighted by Gasteiger charge is 2.27. The summed E-state index contributed by atoms with van der Waals surface area (Å²) >= 11 is 0. The maximum atomic E-state index is 12.3. The van der Waals surface area contributed by atoms with Crippen LogP contribution in [0, 0.1) is 5.41 Å². The number of carbonyl (C=O) groups is 1. The minimum Gasteiger partial charge on any atom is -0.350 e. The standard InChI is InChI=1S/C15H26N4O/c1-4-12-9-13(19(5-2)18-12)14(20)17-11-15(3)7-6-8-16-10-15/h9,16H,4-8,10-11H2,1-3H3,(H,17,20). The molecule has 1 saturated heterocycles. The second-order valence-corrected chi connectivity index (χ2v) is 5.96. The summed E-state index contributed by atoms with van der Waals surface area (Å²) < 4.78 is 1.79. The normalized spacial score (nSPS) is 22.8. The van der Waals surface area contributed by atoms with Crippen molar-refractivity contribution in [3.8, 4) is 0 Å². The highest BCUT2D eigenvalue weighted by atomic mass is 16.2. The summed E-state index contributed by atoms with van der Waals surface area (Å²) in [6, 6.07) is 1.90. The Morgan fingerprint density at radius 1 is 1.55 bits per heavy atom. The molecule has 0 bridgehead atoms. The molecule has 20 heavy (non-hydrogen) atoms. The summed E-state index contributed by atoms with van der Waals surface area (Å²) in [5.74, 6) is -0.00847. The van der Waals surface area contributed by atoms with Crippen LogP contribution in [-0.2, 0) is 13.0 Å². The summed E-state index contributed by atoms with van der Waals surface area (Å²) in [4.78, 5) is 12.3. The number of nitrogens with zero attached hydrogens (tertiary/aromatic N) is 2. The van der Waals surface area contributed by atoms with E-state index >= 15 is 0 Å². The predicted molar refractivity (Wildman–Crippen MR) is 79.8 cm³/mol. The van der Waals surface area contributed by atoms with Crippen LogP contribution in [0.2, 0.25) is 0 Å². The number of aromatic nitrogens is 2. The molecule has 112 valence electrons. The Labute approximate surface area is 121 Å². The van der Waals surface area contributed by atoms with E-state index in [0.717, 1.165) is 44.7 Å². The average molecular weight is 278 g/mol. The third kappa shape index (κ3) is 3.39. The Morgan fingerprint density at radius 3 is 2.95 bits per heavy atom. The molecule has 2 N–H and O–H groups in total. The zero-order valence-electron chi connectivity index (χ0n) is 12.8. The first-order chi connectivity index (χ1) is 9.58. The van der Waals surface area contributed by atoms with Gasteiger partial charge in [0.05, 0.1) is 5.69 Å². The summed E-state index contributed by atoms with van der Waals surface area (Å²) in [5.41, 5.74) is 1.82. The van der Waals surface area contributed by atoms with E-state index in [0.29, 0.717) is 5.69 Å². The Morgan fingerprint density at radius 2 is 2.35 bits per heavy atom. The lowest BCUT2D eigenvalue weighted by Crippen LogP contribution is -2.45. The number of amides is 1. The Bertz CT molecular complexity index is 460. The van der Waals surface area contributed by atoms with E-state index in [1.807, 2.05) is 13.0 Å². The molecule has 1 fully saturated rings. The van der Waals surface area contributed by atoms with Crippen LogP contribution in [0.5, 0.6) is 0 Å². The number of hydrogen-bond acceptors (Lipinski definition) is 3. The van der Waals surface area contributed by atoms with Gasteiger partial charge in [-0.3, -0.25) is 9.48 Å². The van der Waals surface area contributed by atoms with Crippen molar-refractivity contribution in [2.45, 2.75) is 46.6 Å². The first-order valence-electron chi connectivity index (χ1n) is 7.63. The van der Waals surface area contributed by atoms with E-state index in [2.05, 4.69) is 29.6 Å². The molecule has 1 aromatic heterocycles. The first-order valence-corrected chi connectivity index (χ1v) is 7.63. The van der Waals surface area contributed by atoms with Crippen LogP contribution in [0.15, 0.2) is 6.07 Å². The van der Waals surface area contributed by atoms with Gasteiger partial charge in [-0.05, 0) is 44.2 Å². The number of rotatable bonds is 5. The van der Waals surface area contributed by atoms with Gasteiger partial charge in [-0.1, -0.05) is 13.8 Å². The predicted octanol–water partition coefficient (Wildman–Crippen LogP) is 1.58. The first kappa shape index (κ1) is 15.0. The van der Waals surface area contributed by atoms with Crippen LogP contribution in [0.1, 0.15) is 49.8 Å². The van der Waals surface area contributed by atoms with Gasteiger partial charge < -0.3 is 10.6 Å². The molecular weight excluding hydrogens is 252 g/mol. The lowest BCUT2D eigenvalue weighted by Gasteiger charge is -2.34. The fourth-order valence-corrected chi connectivity index (χ4v) is 2.72. The molecular formula is C15H26N4O. The third-order valence-electron chi connectivity index (χ3n) is 4.09. The Hall–Kier alpha value is -1.36. The summed E-state index contributed by atoms with van der Waals surface area (Å²) in [5, 5.41) is 10.9. The highest BCUT2D eigenvalue weighted by molar-refractivity contribution is 5.92. The van der Waals surface area contributed by atoms with Crippen molar-refractivity contribution in [1.29, 1.82) is 0 Å². The van der Waals surface area contributed by atoms with Gasteiger partial charge in [0.25, 0.3) is 5.91 Å². The maximum absolute atomic E-state index is 12.3. The molecule has 1 aliphatic rings. The summed E-state index contributed by atoms with van der Waals surface area (Å²) in [6.45, 7) is 9.80. The van der Waals surface area contributed by atoms with Gasteiger partial charge in [-0.25, -0.2) is 0 Å². The van der Waals surface area contributed by atoms with E-state index in [9.17, 15) is 4.79 Å². The molecule has 0 aliphatic carbocycles. The van der Waals surface area contributed by atoms with E-state index in [-0.39, 0.29) is 11.3 Å². The number of piperidine rings is 1. The van der Waals surface area contributed by atoms with Crippen LogP contribution in [0.3, 0.4) is 0 Å². The molecule has 0 radical (unpaired) electrons. The zero-order chi connectivity index (χ0) is 14.6. The zero-order valence-corrected chi connectivity index (χ0v) is 12.8. The molecule has 0 saturated carbocycles. The lowest BCUT2D eigenvalue weighted by atomic mass is 9.83. The van der Waals surface area contributed by atoms with Crippen LogP contribution in [0.25, 0.3) is 0 Å². The Kier molecular flexibility index (Phi) is 4.81. The second-order valence-electron chi connectivity index (χ2n) is 5.96. The van der Waals surface area contributed by atoms with Crippen molar-refractivity contribution in [2.75, 3.05) is 19.6 Å². The van der Waals surface area contributed by atoms with Crippen molar-refractivity contribution in [3.05, 3.63) is 17.5 Å². The maximum Gasteiger partial charge on any atom is 0.269 e. The van der Waals surface area contributed by atoms with E-state index in [4.69, 9.17) is 0 Å². The SMILES string of the molecule is CCc1cc(C(=O)NCC2(C)CCCNC2)n(CC)n1. The van der Waals surface area contributed by atoms with Gasteiger partial charge in [0.15, 0.2) is 0 Å². The van der Waals surface area contributed by atoms with Crippen LogP contribution >= 0.6 is 0 Å². The van der Waals surface area contributed by atoms with E-state index in [1.165, 1.54) is 6.42 Å². The van der Waals surface area contributed by atoms with Crippen molar-refractivity contribution in [1.82, 2.24) is 20.4 Å². The third-order valence-corrected chi connectivity index (χ3v) is 4.09. The molecule has 0 spiro atoms. The molecule has 1 aromatic rings. The van der Waals surface area contributed by atoms with E-state index in [1.54, 1.807) is 4.68 Å². The van der Waals surface area contributed by atoms with Crippen LogP contribution in [-0.4, -0.2) is 35.3 Å². The molecule has 1 amide bonds. The quantitative estimate of drug-likeness (QED) is 0.860. The molecule has 1 aliphatic heterocycles. The number of carbonyl (C=O) groups excluding carboxylic acids is 1. The number of nitrogens with one attached hydrogen (secondary N) is 2. The van der Waals surface area contributed by atoms with Crippen molar-refractivity contribution in [2.24, 2.45) is 5.41 Å². The van der Waals surface area contributed by atoms with Crippen molar-refractivity contribution >= 4 is 5.91 Å². The van der Waals surface area contributed by atoms with Gasteiger partial charge >= 0.3 is 0 Å². The van der Waals surface area contributed by atoms with Crippen molar-refractivity contribution < 1.29 is 4.79 Å². The second kappa shape index (κ2) is 6.39. The topological polar surface area (TPSA) is 59.0 Å². The fourth-order valence-electron chi connectivity index (χ4n) is 2.72. The minimum atomic E-state index is -0.00847. The molecule has 2 heterocycles. The number of hydrogen-bond donors (Lipinski definition) is 2. The van der Waals surface area contributed by atoms with Gasteiger partial charge in [-0.2, -0.15) is 5.10 Å². The monoisotopic (exact) mass is 278 g/mol. The molecule has 2 rings (SSSR count). The molecule has 0 aromatic carbocycles. The van der Waals surface area contributed by atoms with Crippen molar-refractivity contribution in [3.63, 3.8) is 0 Å². The van der Waals surface area contributed by atoms with Gasteiger partial charge in [-0.15, -0.1) is 0 Å². The largest absolute Gasteiger partial charge is 0.350 e. The molecule has 5 heteroatoms. The molecule has 5 nitrogen and oxygen atoms in total. The summed E-state index contributed by atoms with van der Waals surface area (Å²) in [6.07, 6.45) is 3.20. The average Bonchev–Trinajstić information content (AvgIpc) is 2.89. The minimum absolute atomic E-state index is 0.00847. The Balaban J connectivity index is 1.99. The van der Waals surface area contributed by atoms with E-state index < -0.39 is 0 Å². The van der Waals surface area contributed by atoms with Gasteiger partial charge in [0.2, 0.25) is 0 Å². The van der Waals surface area contributed by atoms with Crippen LogP contribution in [0.4, 0.5) is 0 Å². The van der Waals surface area contributed by atoms with Gasteiger partial charge in [0.1, 0.15) is 5.69 Å². The molecule has 1 unspecified atom stereocenters. The van der Waals surface area contributed by atoms with Crippen LogP contribution < -0.4 is 10.6 Å². The smallest absolute Gasteiger partial charge is 0.269 e. The molecule has 1 atom stereocenters. The highest BCUT2D eigenvalue weighted by Crippen LogP contribution is 2.24. The fraction of sp³-hybridized carbons (Fsp3) is 0.733. The number of aryl methyl sites for hydroxylation is 2.